The fourth-order valence-corrected chi connectivity index (χ4v) is 3.55. The molecule has 1 aliphatic heterocycles. The van der Waals surface area contributed by atoms with Gasteiger partial charge >= 0.3 is 0 Å². The minimum atomic E-state index is 0.00496. The van der Waals surface area contributed by atoms with Gasteiger partial charge in [-0.15, -0.1) is 11.3 Å². The van der Waals surface area contributed by atoms with Crippen LogP contribution in [0.4, 0.5) is 10.8 Å². The highest BCUT2D eigenvalue weighted by Crippen LogP contribution is 2.26. The topological polar surface area (TPSA) is 45.4 Å². The molecule has 0 aliphatic carbocycles. The third-order valence-electron chi connectivity index (χ3n) is 3.72. The summed E-state index contributed by atoms with van der Waals surface area (Å²) in [6.45, 7) is 5.92. The van der Waals surface area contributed by atoms with E-state index in [2.05, 4.69) is 32.3 Å². The molecule has 1 aromatic heterocycles. The minimum absolute atomic E-state index is 0.00496. The van der Waals surface area contributed by atoms with Crippen LogP contribution < -0.4 is 15.5 Å². The Bertz CT molecular complexity index is 588. The number of nitrogens with zero attached hydrogens (tertiary/aromatic N) is 3. The molecule has 0 radical (unpaired) electrons. The van der Waals surface area contributed by atoms with Crippen LogP contribution in [-0.2, 0) is 0 Å². The van der Waals surface area contributed by atoms with Gasteiger partial charge in [0.25, 0.3) is 0 Å². The van der Waals surface area contributed by atoms with E-state index in [0.717, 1.165) is 42.0 Å². The number of anilines is 2. The van der Waals surface area contributed by atoms with Gasteiger partial charge in [-0.1, -0.05) is 11.6 Å². The zero-order valence-electron chi connectivity index (χ0n) is 12.0. The van der Waals surface area contributed by atoms with E-state index in [9.17, 15) is 0 Å². The summed E-state index contributed by atoms with van der Waals surface area (Å²) in [5, 5.41) is 3.92. The zero-order valence-corrected chi connectivity index (χ0v) is 13.6. The lowest BCUT2D eigenvalue weighted by Crippen LogP contribution is -2.46. The molecular weight excluding hydrogens is 304 g/mol. The van der Waals surface area contributed by atoms with E-state index in [4.69, 9.17) is 17.3 Å². The maximum Gasteiger partial charge on any atom is 0.185 e. The molecule has 2 heterocycles. The standard InChI is InChI=1S/C15H19ClN4S/c1-11(17)14-10-21-15(18-14)20-8-6-19(7-9-20)13-4-2-12(16)3-5-13/h2-5,10-11H,6-9,17H2,1H3. The first-order chi connectivity index (χ1) is 10.1. The van der Waals surface area contributed by atoms with Crippen LogP contribution in [0.25, 0.3) is 0 Å². The third kappa shape index (κ3) is 3.31. The van der Waals surface area contributed by atoms with Crippen molar-refractivity contribution < 1.29 is 0 Å². The average Bonchev–Trinajstić information content (AvgIpc) is 2.98. The molecule has 0 bridgehead atoms. The first-order valence-corrected chi connectivity index (χ1v) is 8.36. The highest BCUT2D eigenvalue weighted by atomic mass is 35.5. The summed E-state index contributed by atoms with van der Waals surface area (Å²) in [5.41, 5.74) is 8.09. The summed E-state index contributed by atoms with van der Waals surface area (Å²) in [7, 11) is 0. The predicted molar refractivity (Wildman–Crippen MR) is 90.6 cm³/mol. The Morgan fingerprint density at radius 1 is 1.14 bits per heavy atom. The Labute approximate surface area is 134 Å². The zero-order chi connectivity index (χ0) is 14.8. The second-order valence-electron chi connectivity index (χ2n) is 5.29. The number of hydrogen-bond acceptors (Lipinski definition) is 5. The summed E-state index contributed by atoms with van der Waals surface area (Å²) in [6, 6.07) is 8.05. The molecule has 6 heteroatoms. The van der Waals surface area contributed by atoms with Crippen LogP contribution in [0.5, 0.6) is 0 Å². The molecule has 1 fully saturated rings. The summed E-state index contributed by atoms with van der Waals surface area (Å²) in [5.74, 6) is 0. The Hall–Kier alpha value is -1.30. The molecule has 4 nitrogen and oxygen atoms in total. The van der Waals surface area contributed by atoms with Gasteiger partial charge in [0.1, 0.15) is 0 Å². The number of rotatable bonds is 3. The van der Waals surface area contributed by atoms with Gasteiger partial charge in [0, 0.05) is 48.3 Å². The number of nitrogens with two attached hydrogens (primary N) is 1. The lowest BCUT2D eigenvalue weighted by molar-refractivity contribution is 0.650. The molecule has 3 rings (SSSR count). The van der Waals surface area contributed by atoms with Gasteiger partial charge in [-0.25, -0.2) is 4.98 Å². The molecule has 2 N–H and O–H groups in total. The summed E-state index contributed by atoms with van der Waals surface area (Å²) >= 11 is 7.62. The first-order valence-electron chi connectivity index (χ1n) is 7.10. The Kier molecular flexibility index (Phi) is 4.33. The van der Waals surface area contributed by atoms with Gasteiger partial charge in [0.2, 0.25) is 0 Å². The van der Waals surface area contributed by atoms with Gasteiger partial charge in [-0.2, -0.15) is 0 Å². The molecule has 0 spiro atoms. The largest absolute Gasteiger partial charge is 0.368 e. The van der Waals surface area contributed by atoms with Gasteiger partial charge < -0.3 is 15.5 Å². The fourth-order valence-electron chi connectivity index (χ4n) is 2.44. The van der Waals surface area contributed by atoms with Crippen molar-refractivity contribution in [1.29, 1.82) is 0 Å². The smallest absolute Gasteiger partial charge is 0.185 e. The lowest BCUT2D eigenvalue weighted by Gasteiger charge is -2.36. The molecule has 1 saturated heterocycles. The average molecular weight is 323 g/mol. The maximum atomic E-state index is 5.94. The molecule has 0 saturated carbocycles. The van der Waals surface area contributed by atoms with Gasteiger partial charge in [0.05, 0.1) is 5.69 Å². The number of aromatic nitrogens is 1. The monoisotopic (exact) mass is 322 g/mol. The first kappa shape index (κ1) is 14.6. The quantitative estimate of drug-likeness (QED) is 0.943. The van der Waals surface area contributed by atoms with E-state index in [1.54, 1.807) is 11.3 Å². The Balaban J connectivity index is 1.63. The van der Waals surface area contributed by atoms with E-state index >= 15 is 0 Å². The molecule has 1 unspecified atom stereocenters. The van der Waals surface area contributed by atoms with Crippen molar-refractivity contribution in [3.05, 3.63) is 40.4 Å². The molecule has 1 atom stereocenters. The van der Waals surface area contributed by atoms with Crippen molar-refractivity contribution in [3.63, 3.8) is 0 Å². The second-order valence-corrected chi connectivity index (χ2v) is 6.57. The van der Waals surface area contributed by atoms with E-state index < -0.39 is 0 Å². The lowest BCUT2D eigenvalue weighted by atomic mass is 10.2. The minimum Gasteiger partial charge on any atom is -0.368 e. The van der Waals surface area contributed by atoms with Gasteiger partial charge in [-0.3, -0.25) is 0 Å². The van der Waals surface area contributed by atoms with Crippen molar-refractivity contribution in [2.75, 3.05) is 36.0 Å². The summed E-state index contributed by atoms with van der Waals surface area (Å²) in [6.07, 6.45) is 0. The summed E-state index contributed by atoms with van der Waals surface area (Å²) in [4.78, 5) is 9.34. The van der Waals surface area contributed by atoms with Crippen LogP contribution in [0, 0.1) is 0 Å². The molecular formula is C15H19ClN4S. The summed E-state index contributed by atoms with van der Waals surface area (Å²) < 4.78 is 0. The van der Waals surface area contributed by atoms with E-state index in [0.29, 0.717) is 0 Å². The van der Waals surface area contributed by atoms with E-state index in [-0.39, 0.29) is 6.04 Å². The van der Waals surface area contributed by atoms with Crippen molar-refractivity contribution in [1.82, 2.24) is 4.98 Å². The second kappa shape index (κ2) is 6.22. The SMILES string of the molecule is CC(N)c1csc(N2CCN(c3ccc(Cl)cc3)CC2)n1. The van der Waals surface area contributed by atoms with Crippen LogP contribution >= 0.6 is 22.9 Å². The third-order valence-corrected chi connectivity index (χ3v) is 4.89. The Morgan fingerprint density at radius 3 is 2.33 bits per heavy atom. The van der Waals surface area contributed by atoms with Crippen molar-refractivity contribution in [2.45, 2.75) is 13.0 Å². The Morgan fingerprint density at radius 2 is 1.76 bits per heavy atom. The number of benzene rings is 1. The fraction of sp³-hybridized carbons (Fsp3) is 0.400. The van der Waals surface area contributed by atoms with E-state index in [1.807, 2.05) is 19.1 Å². The highest BCUT2D eigenvalue weighted by Gasteiger charge is 2.20. The number of thiazole rings is 1. The number of halogens is 1. The van der Waals surface area contributed by atoms with Gasteiger partial charge in [-0.05, 0) is 31.2 Å². The van der Waals surface area contributed by atoms with Crippen molar-refractivity contribution >= 4 is 33.8 Å². The number of piperazine rings is 1. The predicted octanol–water partition coefficient (Wildman–Crippen LogP) is 3.14. The van der Waals surface area contributed by atoms with Gasteiger partial charge in [0.15, 0.2) is 5.13 Å². The van der Waals surface area contributed by atoms with Crippen LogP contribution in [0.1, 0.15) is 18.7 Å². The normalized spacial score (nSPS) is 17.1. The molecule has 112 valence electrons. The van der Waals surface area contributed by atoms with Crippen LogP contribution in [0.2, 0.25) is 5.02 Å². The molecule has 2 aromatic rings. The van der Waals surface area contributed by atoms with Crippen molar-refractivity contribution in [2.24, 2.45) is 5.73 Å². The number of hydrogen-bond donors (Lipinski definition) is 1. The molecule has 0 amide bonds. The van der Waals surface area contributed by atoms with Crippen molar-refractivity contribution in [3.8, 4) is 0 Å². The van der Waals surface area contributed by atoms with Crippen LogP contribution in [-0.4, -0.2) is 31.2 Å². The van der Waals surface area contributed by atoms with Crippen LogP contribution in [0.15, 0.2) is 29.6 Å². The molecule has 21 heavy (non-hydrogen) atoms. The van der Waals surface area contributed by atoms with Crippen LogP contribution in [0.3, 0.4) is 0 Å². The highest BCUT2D eigenvalue weighted by molar-refractivity contribution is 7.13. The molecule has 1 aliphatic rings. The van der Waals surface area contributed by atoms with E-state index in [1.165, 1.54) is 5.69 Å². The molecule has 1 aromatic carbocycles. The maximum absolute atomic E-state index is 5.94.